The van der Waals surface area contributed by atoms with Gasteiger partial charge in [-0.05, 0) is 43.7 Å². The van der Waals surface area contributed by atoms with Crippen molar-refractivity contribution >= 4 is 0 Å². The number of hydrogen-bond donors (Lipinski definition) is 1. The van der Waals surface area contributed by atoms with E-state index in [0.29, 0.717) is 11.4 Å². The summed E-state index contributed by atoms with van der Waals surface area (Å²) in [4.78, 5) is 4.24. The summed E-state index contributed by atoms with van der Waals surface area (Å²) >= 11 is 0. The number of rotatable bonds is 2. The van der Waals surface area contributed by atoms with Crippen molar-refractivity contribution in [3.63, 3.8) is 0 Å². The minimum absolute atomic E-state index is 0.267. The van der Waals surface area contributed by atoms with E-state index in [0.717, 1.165) is 12.1 Å². The normalized spacial score (nSPS) is 22.0. The number of nitrogens with two attached hydrogens (primary N) is 1. The molecule has 3 rings (SSSR count). The molecule has 2 N–H and O–H groups in total. The molecule has 1 aromatic carbocycles. The van der Waals surface area contributed by atoms with E-state index in [4.69, 9.17) is 10.5 Å². The second kappa shape index (κ2) is 5.59. The van der Waals surface area contributed by atoms with Crippen LogP contribution in [-0.2, 0) is 5.54 Å². The molecule has 0 bridgehead atoms. The molecule has 25 heavy (non-hydrogen) atoms. The number of benzene rings is 1. The van der Waals surface area contributed by atoms with Gasteiger partial charge < -0.3 is 15.2 Å². The molecule has 4 nitrogen and oxygen atoms in total. The Bertz CT molecular complexity index is 807. The molecule has 1 atom stereocenters. The lowest BCUT2D eigenvalue weighted by Gasteiger charge is -2.43. The lowest BCUT2D eigenvalue weighted by Crippen LogP contribution is -2.51. The van der Waals surface area contributed by atoms with Crippen LogP contribution in [0.5, 0.6) is 11.5 Å². The van der Waals surface area contributed by atoms with Crippen molar-refractivity contribution in [3.8, 4) is 11.5 Å². The van der Waals surface area contributed by atoms with Crippen LogP contribution in [0.15, 0.2) is 36.5 Å². The Morgan fingerprint density at radius 3 is 2.60 bits per heavy atom. The standard InChI is InChI=1S/C17H16F4N2O2/c1-15(2)9-16(22,14-13(24-15)4-3-7-23-14)10-5-6-12(11(18)8-10)25-17(19,20)21/h3-8H,9,22H2,1-2H3. The average molecular weight is 356 g/mol. The van der Waals surface area contributed by atoms with Crippen LogP contribution in [0.2, 0.25) is 0 Å². The van der Waals surface area contributed by atoms with Crippen molar-refractivity contribution in [1.29, 1.82) is 0 Å². The maximum absolute atomic E-state index is 14.1. The molecule has 0 spiro atoms. The number of pyridine rings is 1. The van der Waals surface area contributed by atoms with E-state index in [1.807, 2.05) is 13.8 Å². The van der Waals surface area contributed by atoms with Crippen molar-refractivity contribution < 1.29 is 27.0 Å². The maximum atomic E-state index is 14.1. The van der Waals surface area contributed by atoms with Gasteiger partial charge in [-0.25, -0.2) is 4.39 Å². The summed E-state index contributed by atoms with van der Waals surface area (Å²) in [5, 5.41) is 0. The maximum Gasteiger partial charge on any atom is 0.573 e. The number of aromatic nitrogens is 1. The SMILES string of the molecule is CC1(C)CC(N)(c2ccc(OC(F)(F)F)c(F)c2)c2ncccc2O1. The van der Waals surface area contributed by atoms with Crippen molar-refractivity contribution in [2.75, 3.05) is 0 Å². The zero-order chi connectivity index (χ0) is 18.5. The number of ether oxygens (including phenoxy) is 2. The highest BCUT2D eigenvalue weighted by atomic mass is 19.4. The van der Waals surface area contributed by atoms with E-state index in [1.54, 1.807) is 12.1 Å². The van der Waals surface area contributed by atoms with Gasteiger partial charge >= 0.3 is 6.36 Å². The van der Waals surface area contributed by atoms with Gasteiger partial charge in [0, 0.05) is 12.6 Å². The zero-order valence-corrected chi connectivity index (χ0v) is 13.5. The molecule has 0 radical (unpaired) electrons. The van der Waals surface area contributed by atoms with E-state index in [1.165, 1.54) is 12.3 Å². The molecular formula is C17H16F4N2O2. The summed E-state index contributed by atoms with van der Waals surface area (Å²) in [5.41, 5.74) is 5.35. The Kier molecular flexibility index (Phi) is 3.90. The van der Waals surface area contributed by atoms with Gasteiger partial charge in [0.05, 0.1) is 5.54 Å². The minimum Gasteiger partial charge on any atom is -0.486 e. The zero-order valence-electron chi connectivity index (χ0n) is 13.5. The first-order valence-electron chi connectivity index (χ1n) is 7.49. The van der Waals surface area contributed by atoms with Crippen LogP contribution >= 0.6 is 0 Å². The predicted octanol–water partition coefficient (Wildman–Crippen LogP) is 3.88. The lowest BCUT2D eigenvalue weighted by molar-refractivity contribution is -0.275. The van der Waals surface area contributed by atoms with Crippen LogP contribution in [0.3, 0.4) is 0 Å². The molecule has 0 aliphatic carbocycles. The molecule has 0 amide bonds. The number of halogens is 4. The smallest absolute Gasteiger partial charge is 0.486 e. The van der Waals surface area contributed by atoms with Crippen LogP contribution in [0.1, 0.15) is 31.5 Å². The van der Waals surface area contributed by atoms with Gasteiger partial charge in [0.2, 0.25) is 0 Å². The first-order chi connectivity index (χ1) is 11.5. The molecule has 1 aromatic heterocycles. The quantitative estimate of drug-likeness (QED) is 0.830. The molecule has 0 saturated carbocycles. The average Bonchev–Trinajstić information content (AvgIpc) is 2.46. The molecule has 2 heterocycles. The highest BCUT2D eigenvalue weighted by Gasteiger charge is 2.45. The Morgan fingerprint density at radius 1 is 1.24 bits per heavy atom. The van der Waals surface area contributed by atoms with Crippen molar-refractivity contribution in [1.82, 2.24) is 4.98 Å². The van der Waals surface area contributed by atoms with E-state index >= 15 is 0 Å². The van der Waals surface area contributed by atoms with Gasteiger partial charge in [0.1, 0.15) is 17.0 Å². The van der Waals surface area contributed by atoms with Gasteiger partial charge in [-0.2, -0.15) is 0 Å². The fourth-order valence-corrected chi connectivity index (χ4v) is 3.12. The van der Waals surface area contributed by atoms with Crippen molar-refractivity contribution in [2.24, 2.45) is 5.73 Å². The Labute approximate surface area is 141 Å². The first kappa shape index (κ1) is 17.5. The summed E-state index contributed by atoms with van der Waals surface area (Å²) in [6, 6.07) is 6.55. The topological polar surface area (TPSA) is 57.4 Å². The van der Waals surface area contributed by atoms with E-state index in [2.05, 4.69) is 9.72 Å². The molecule has 1 aliphatic heterocycles. The van der Waals surface area contributed by atoms with Gasteiger partial charge in [-0.15, -0.1) is 13.2 Å². The Hall–Kier alpha value is -2.35. The highest BCUT2D eigenvalue weighted by Crippen LogP contribution is 2.45. The third kappa shape index (κ3) is 3.39. The third-order valence-corrected chi connectivity index (χ3v) is 3.96. The monoisotopic (exact) mass is 356 g/mol. The molecule has 134 valence electrons. The van der Waals surface area contributed by atoms with Gasteiger partial charge in [0.25, 0.3) is 0 Å². The van der Waals surface area contributed by atoms with Gasteiger partial charge in [-0.3, -0.25) is 4.98 Å². The molecule has 0 fully saturated rings. The largest absolute Gasteiger partial charge is 0.573 e. The molecule has 1 aliphatic rings. The van der Waals surface area contributed by atoms with Gasteiger partial charge in [0.15, 0.2) is 11.6 Å². The fourth-order valence-electron chi connectivity index (χ4n) is 3.12. The highest BCUT2D eigenvalue weighted by molar-refractivity contribution is 5.46. The van der Waals surface area contributed by atoms with Gasteiger partial charge in [-0.1, -0.05) is 6.07 Å². The molecule has 1 unspecified atom stereocenters. The predicted molar refractivity (Wildman–Crippen MR) is 81.6 cm³/mol. The summed E-state index contributed by atoms with van der Waals surface area (Å²) < 4.78 is 60.6. The van der Waals surface area contributed by atoms with Crippen molar-refractivity contribution in [2.45, 2.75) is 37.8 Å². The third-order valence-electron chi connectivity index (χ3n) is 3.96. The number of hydrogen-bond acceptors (Lipinski definition) is 4. The number of nitrogens with zero attached hydrogens (tertiary/aromatic N) is 1. The lowest BCUT2D eigenvalue weighted by atomic mass is 9.76. The Balaban J connectivity index is 2.07. The van der Waals surface area contributed by atoms with Crippen LogP contribution in [0.25, 0.3) is 0 Å². The number of alkyl halides is 3. The molecule has 0 saturated heterocycles. The van der Waals surface area contributed by atoms with Crippen LogP contribution in [-0.4, -0.2) is 16.9 Å². The summed E-state index contributed by atoms with van der Waals surface area (Å²) in [5.74, 6) is -1.61. The molecular weight excluding hydrogens is 340 g/mol. The summed E-state index contributed by atoms with van der Waals surface area (Å²) in [6.07, 6.45) is -3.18. The Morgan fingerprint density at radius 2 is 1.96 bits per heavy atom. The summed E-state index contributed by atoms with van der Waals surface area (Å²) in [7, 11) is 0. The second-order valence-corrected chi connectivity index (χ2v) is 6.55. The second-order valence-electron chi connectivity index (χ2n) is 6.55. The summed E-state index contributed by atoms with van der Waals surface area (Å²) in [6.45, 7) is 3.64. The van der Waals surface area contributed by atoms with Crippen LogP contribution in [0.4, 0.5) is 17.6 Å². The van der Waals surface area contributed by atoms with E-state index < -0.39 is 29.1 Å². The van der Waals surface area contributed by atoms with E-state index in [-0.39, 0.29) is 12.0 Å². The van der Waals surface area contributed by atoms with Crippen LogP contribution in [0, 0.1) is 5.82 Å². The first-order valence-corrected chi connectivity index (χ1v) is 7.49. The number of fused-ring (bicyclic) bond motifs is 1. The fraction of sp³-hybridized carbons (Fsp3) is 0.353. The van der Waals surface area contributed by atoms with Crippen LogP contribution < -0.4 is 15.2 Å². The van der Waals surface area contributed by atoms with Crippen molar-refractivity contribution in [3.05, 3.63) is 53.6 Å². The minimum atomic E-state index is -4.97. The molecule has 8 heteroatoms. The van der Waals surface area contributed by atoms with E-state index in [9.17, 15) is 17.6 Å². The molecule has 2 aromatic rings.